The summed E-state index contributed by atoms with van der Waals surface area (Å²) in [6.45, 7) is 0.194. The van der Waals surface area contributed by atoms with Crippen molar-refractivity contribution in [1.29, 1.82) is 0 Å². The van der Waals surface area contributed by atoms with Crippen LogP contribution in [-0.4, -0.2) is 15.8 Å². The molecule has 0 fully saturated rings. The maximum Gasteiger partial charge on any atom is 0.256 e. The molecule has 3 nitrogen and oxygen atoms in total. The molecule has 0 N–H and O–H groups in total. The van der Waals surface area contributed by atoms with Gasteiger partial charge in [0.25, 0.3) is 6.71 Å². The lowest BCUT2D eigenvalue weighted by molar-refractivity contribution is 0.485. The maximum atomic E-state index is 6.48. The van der Waals surface area contributed by atoms with E-state index in [2.05, 4.69) is 137 Å². The highest BCUT2D eigenvalue weighted by Gasteiger charge is 2.44. The molecule has 3 aliphatic heterocycles. The first-order chi connectivity index (χ1) is 21.8. The van der Waals surface area contributed by atoms with Gasteiger partial charge >= 0.3 is 0 Å². The molecule has 0 radical (unpaired) electrons. The Balaban J connectivity index is 1.27. The van der Waals surface area contributed by atoms with Crippen LogP contribution in [0.15, 0.2) is 147 Å². The Labute approximate surface area is 262 Å². The number of benzene rings is 6. The van der Waals surface area contributed by atoms with Crippen LogP contribution in [0.25, 0.3) is 44.2 Å². The quantitative estimate of drug-likeness (QED) is 0.187. The molecule has 6 aromatic carbocycles. The monoisotopic (exact) mass is 596 g/mol. The molecule has 3 aliphatic rings. The lowest BCUT2D eigenvalue weighted by Crippen LogP contribution is -2.60. The van der Waals surface area contributed by atoms with Crippen LogP contribution in [0.2, 0.25) is 0 Å². The zero-order valence-electron chi connectivity index (χ0n) is 23.3. The number of para-hydroxylation sites is 3. The number of hydrogen-bond acceptors (Lipinski definition) is 3. The van der Waals surface area contributed by atoms with Gasteiger partial charge in [0.1, 0.15) is 17.1 Å². The molecule has 11 rings (SSSR count). The summed E-state index contributed by atoms with van der Waals surface area (Å²) < 4.78 is 11.4. The van der Waals surface area contributed by atoms with E-state index in [1.165, 1.54) is 74.5 Å². The van der Waals surface area contributed by atoms with Gasteiger partial charge in [-0.05, 0) is 77.1 Å². The van der Waals surface area contributed by atoms with Crippen LogP contribution < -0.4 is 21.1 Å². The molecular formula is C38H21BN2OS2. The molecule has 5 heterocycles. The Morgan fingerprint density at radius 1 is 0.477 bits per heavy atom. The third kappa shape index (κ3) is 2.93. The van der Waals surface area contributed by atoms with E-state index in [9.17, 15) is 0 Å². The molecule has 0 aliphatic carbocycles. The van der Waals surface area contributed by atoms with E-state index in [4.69, 9.17) is 4.74 Å². The second-order valence-electron chi connectivity index (χ2n) is 11.7. The Hall–Kier alpha value is -4.78. The molecular weight excluding hydrogens is 575 g/mol. The number of nitrogens with zero attached hydrogens (tertiary/aromatic N) is 2. The van der Waals surface area contributed by atoms with Crippen LogP contribution in [0, 0.1) is 0 Å². The van der Waals surface area contributed by atoms with Crippen LogP contribution in [0.5, 0.6) is 11.5 Å². The molecule has 0 bridgehead atoms. The second-order valence-corrected chi connectivity index (χ2v) is 13.8. The topological polar surface area (TPSA) is 19.1 Å². The van der Waals surface area contributed by atoms with Gasteiger partial charge in [0.2, 0.25) is 0 Å². The van der Waals surface area contributed by atoms with Gasteiger partial charge in [-0.25, -0.2) is 0 Å². The SMILES string of the molecule is c1ccc(-n2c3ccccc3c3c4ccccc4n(-c4cc5c6c(c4)Sc4cccc7c4B6c4c(cccc4S5)O7)c32)cc1. The van der Waals surface area contributed by atoms with Crippen LogP contribution in [0.1, 0.15) is 0 Å². The fraction of sp³-hybridized carbons (Fsp3) is 0. The zero-order chi connectivity index (χ0) is 28.5. The molecule has 0 saturated heterocycles. The zero-order valence-corrected chi connectivity index (χ0v) is 25.0. The number of hydrogen-bond donors (Lipinski definition) is 0. The second kappa shape index (κ2) is 8.44. The van der Waals surface area contributed by atoms with E-state index in [0.717, 1.165) is 17.2 Å². The number of rotatable bonds is 2. The van der Waals surface area contributed by atoms with E-state index in [1.54, 1.807) is 0 Å². The fourth-order valence-corrected chi connectivity index (χ4v) is 10.3. The molecule has 0 atom stereocenters. The van der Waals surface area contributed by atoms with Gasteiger partial charge < -0.3 is 4.74 Å². The Morgan fingerprint density at radius 2 is 1.02 bits per heavy atom. The third-order valence-corrected chi connectivity index (χ3v) is 11.7. The number of fused-ring (bicyclic) bond motifs is 5. The summed E-state index contributed by atoms with van der Waals surface area (Å²) in [5, 5.41) is 3.84. The molecule has 0 saturated carbocycles. The highest BCUT2D eigenvalue weighted by Crippen LogP contribution is 2.46. The summed E-state index contributed by atoms with van der Waals surface area (Å²) in [5.74, 6) is 1.98. The Morgan fingerprint density at radius 3 is 1.64 bits per heavy atom. The minimum absolute atomic E-state index is 0.194. The van der Waals surface area contributed by atoms with Gasteiger partial charge in [-0.3, -0.25) is 9.13 Å². The summed E-state index contributed by atoms with van der Waals surface area (Å²) in [6, 6.07) is 46.4. The smallest absolute Gasteiger partial charge is 0.256 e. The first-order valence-electron chi connectivity index (χ1n) is 14.9. The van der Waals surface area contributed by atoms with Crippen molar-refractivity contribution in [3.05, 3.63) is 127 Å². The normalized spacial score (nSPS) is 13.9. The summed E-state index contributed by atoms with van der Waals surface area (Å²) in [6.07, 6.45) is 0. The molecule has 2 aromatic heterocycles. The third-order valence-electron chi connectivity index (χ3n) is 9.42. The van der Waals surface area contributed by atoms with Crippen molar-refractivity contribution in [3.8, 4) is 22.9 Å². The first-order valence-corrected chi connectivity index (χ1v) is 16.5. The van der Waals surface area contributed by atoms with E-state index in [-0.39, 0.29) is 6.71 Å². The highest BCUT2D eigenvalue weighted by molar-refractivity contribution is 8.01. The van der Waals surface area contributed by atoms with Crippen LogP contribution in [-0.2, 0) is 0 Å². The standard InChI is InChI=1S/C38H21BN2OS2/c1-2-10-22(11-3-1)40-26-14-6-4-12-24(26)34-25-13-5-7-15-27(25)41(38(34)40)23-20-32-37-33(21-23)44-31-19-9-17-29-36(31)39(37)35-28(42-29)16-8-18-30(35)43-32/h1-21H. The van der Waals surface area contributed by atoms with E-state index < -0.39 is 0 Å². The lowest BCUT2D eigenvalue weighted by atomic mass is 9.35. The lowest BCUT2D eigenvalue weighted by Gasteiger charge is -2.37. The average Bonchev–Trinajstić information content (AvgIpc) is 3.58. The summed E-state index contributed by atoms with van der Waals surface area (Å²) in [7, 11) is 0. The summed E-state index contributed by atoms with van der Waals surface area (Å²) in [4.78, 5) is 5.23. The predicted octanol–water partition coefficient (Wildman–Crippen LogP) is 8.28. The molecule has 44 heavy (non-hydrogen) atoms. The Bertz CT molecular complexity index is 2470. The van der Waals surface area contributed by atoms with Crippen LogP contribution in [0.3, 0.4) is 0 Å². The first kappa shape index (κ1) is 23.7. The van der Waals surface area contributed by atoms with Crippen molar-refractivity contribution in [2.24, 2.45) is 0 Å². The highest BCUT2D eigenvalue weighted by atomic mass is 32.2. The van der Waals surface area contributed by atoms with E-state index in [0.29, 0.717) is 0 Å². The predicted molar refractivity (Wildman–Crippen MR) is 183 cm³/mol. The van der Waals surface area contributed by atoms with E-state index >= 15 is 0 Å². The summed E-state index contributed by atoms with van der Waals surface area (Å²) in [5.41, 5.74) is 10.0. The maximum absolute atomic E-state index is 6.48. The largest absolute Gasteiger partial charge is 0.458 e. The number of ether oxygens (including phenoxy) is 1. The van der Waals surface area contributed by atoms with Crippen molar-refractivity contribution in [2.45, 2.75) is 19.6 Å². The van der Waals surface area contributed by atoms with Gasteiger partial charge in [-0.15, -0.1) is 0 Å². The van der Waals surface area contributed by atoms with Gasteiger partial charge in [0, 0.05) is 47.1 Å². The summed E-state index contributed by atoms with van der Waals surface area (Å²) >= 11 is 3.76. The van der Waals surface area contributed by atoms with Crippen molar-refractivity contribution in [2.75, 3.05) is 0 Å². The van der Waals surface area contributed by atoms with Crippen molar-refractivity contribution < 1.29 is 4.74 Å². The van der Waals surface area contributed by atoms with Gasteiger partial charge in [0.15, 0.2) is 0 Å². The van der Waals surface area contributed by atoms with Crippen molar-refractivity contribution in [3.63, 3.8) is 0 Å². The van der Waals surface area contributed by atoms with Gasteiger partial charge in [0.05, 0.1) is 11.0 Å². The van der Waals surface area contributed by atoms with Crippen molar-refractivity contribution in [1.82, 2.24) is 9.13 Å². The molecule has 0 spiro atoms. The van der Waals surface area contributed by atoms with Crippen molar-refractivity contribution >= 4 is 79.5 Å². The van der Waals surface area contributed by atoms with Gasteiger partial charge in [-0.1, -0.05) is 90.3 Å². The minimum atomic E-state index is 0.194. The van der Waals surface area contributed by atoms with Crippen LogP contribution in [0.4, 0.5) is 0 Å². The molecule has 0 amide bonds. The Kier molecular flexibility index (Phi) is 4.54. The van der Waals surface area contributed by atoms with E-state index in [1.807, 2.05) is 23.5 Å². The minimum Gasteiger partial charge on any atom is -0.458 e. The molecule has 0 unspecified atom stereocenters. The van der Waals surface area contributed by atoms with Crippen LogP contribution >= 0.6 is 23.5 Å². The molecule has 204 valence electrons. The number of aromatic nitrogens is 2. The molecule has 6 heteroatoms. The molecule has 8 aromatic rings. The fourth-order valence-electron chi connectivity index (χ4n) is 7.73. The average molecular weight is 597 g/mol. The van der Waals surface area contributed by atoms with Gasteiger partial charge in [-0.2, -0.15) is 0 Å².